The van der Waals surface area contributed by atoms with E-state index in [0.717, 1.165) is 110 Å². The van der Waals surface area contributed by atoms with E-state index in [1.54, 1.807) is 0 Å². The number of nitrogens with zero attached hydrogens (tertiary/aromatic N) is 1. The number of aliphatic hydroxyl groups is 2. The summed E-state index contributed by atoms with van der Waals surface area (Å²) in [5, 5.41) is 18.8. The molecule has 0 fully saturated rings. The number of hydrogen-bond donors (Lipinski definition) is 2. The Morgan fingerprint density at radius 2 is 0.914 bits per heavy atom. The van der Waals surface area contributed by atoms with Gasteiger partial charge in [0.2, 0.25) is 0 Å². The standard InChI is InChI=1S/C45H89NO5.C17H28O2/c1-5-8-11-14-21-27-34-43(35-28-22-15-12-9-6-2)51-45(49)37-30-23-18-24-31-38-46(39-40-47)42(4)33-26-20-16-17-25-32-41-50-44(48)36-29-19-13-10-7-3;1-16(18)11-7-4-2-3-5-10-14-19-15-17-12-8-6-9-13-17/h42-43,47H,5-41H2,1-4H3;6,8-9,12-13,16,18H,2-5,7,10-11,14-15H2,1H3. The van der Waals surface area contributed by atoms with Crippen LogP contribution in [-0.4, -0.2) is 78.2 Å². The highest BCUT2D eigenvalue weighted by atomic mass is 16.5. The van der Waals surface area contributed by atoms with Crippen molar-refractivity contribution in [3.8, 4) is 0 Å². The minimum Gasteiger partial charge on any atom is -0.466 e. The molecule has 412 valence electrons. The van der Waals surface area contributed by atoms with Crippen molar-refractivity contribution < 1.29 is 34.0 Å². The molecular formula is C62H117NO7. The first-order valence-electron chi connectivity index (χ1n) is 30.3. The zero-order valence-corrected chi connectivity index (χ0v) is 47.0. The van der Waals surface area contributed by atoms with Gasteiger partial charge in [-0.1, -0.05) is 224 Å². The molecule has 8 heteroatoms. The number of carbonyl (C=O) groups excluding carboxylic acids is 2. The summed E-state index contributed by atoms with van der Waals surface area (Å²) in [5.74, 6) is -0.00446. The molecule has 1 aromatic carbocycles. The zero-order chi connectivity index (χ0) is 51.2. The third-order valence-corrected chi connectivity index (χ3v) is 13.9. The van der Waals surface area contributed by atoms with Gasteiger partial charge in [-0.15, -0.1) is 0 Å². The molecule has 2 N–H and O–H groups in total. The smallest absolute Gasteiger partial charge is 0.306 e. The van der Waals surface area contributed by atoms with Gasteiger partial charge in [0.05, 0.1) is 25.9 Å². The first-order chi connectivity index (χ1) is 34.3. The fraction of sp³-hybridized carbons (Fsp3) is 0.871. The SMILES string of the molecule is CC(O)CCCCCCCCOCc1ccccc1.CCCCCCCCC(CCCCCCCC)OC(=O)CCCCCCCN(CCO)C(C)CCCCCCCCOC(=O)CCCCCCC. The van der Waals surface area contributed by atoms with E-state index in [2.05, 4.69) is 44.7 Å². The predicted octanol–water partition coefficient (Wildman–Crippen LogP) is 17.4. The lowest BCUT2D eigenvalue weighted by molar-refractivity contribution is -0.150. The number of rotatable bonds is 52. The topological polar surface area (TPSA) is 106 Å². The summed E-state index contributed by atoms with van der Waals surface area (Å²) in [7, 11) is 0. The van der Waals surface area contributed by atoms with Crippen molar-refractivity contribution in [2.24, 2.45) is 0 Å². The van der Waals surface area contributed by atoms with Crippen LogP contribution in [0.15, 0.2) is 30.3 Å². The van der Waals surface area contributed by atoms with Gasteiger partial charge in [-0.2, -0.15) is 0 Å². The Bertz CT molecular complexity index is 1180. The summed E-state index contributed by atoms with van der Waals surface area (Å²) in [6.07, 6.45) is 46.5. The second-order valence-electron chi connectivity index (χ2n) is 20.9. The van der Waals surface area contributed by atoms with Crippen LogP contribution in [0.5, 0.6) is 0 Å². The normalized spacial score (nSPS) is 12.3. The Kier molecular flexibility index (Phi) is 53.2. The van der Waals surface area contributed by atoms with Crippen LogP contribution < -0.4 is 0 Å². The van der Waals surface area contributed by atoms with E-state index >= 15 is 0 Å². The first-order valence-corrected chi connectivity index (χ1v) is 30.3. The van der Waals surface area contributed by atoms with E-state index in [0.29, 0.717) is 25.5 Å². The number of esters is 2. The summed E-state index contributed by atoms with van der Waals surface area (Å²) in [5.41, 5.74) is 1.25. The molecule has 0 aliphatic rings. The number of carbonyl (C=O) groups is 2. The van der Waals surface area contributed by atoms with Crippen molar-refractivity contribution in [2.45, 2.75) is 316 Å². The van der Waals surface area contributed by atoms with Crippen LogP contribution >= 0.6 is 0 Å². The van der Waals surface area contributed by atoms with Crippen molar-refractivity contribution in [2.75, 3.05) is 32.9 Å². The molecule has 0 bridgehead atoms. The largest absolute Gasteiger partial charge is 0.466 e. The van der Waals surface area contributed by atoms with Gasteiger partial charge in [-0.05, 0) is 96.6 Å². The zero-order valence-electron chi connectivity index (χ0n) is 47.0. The van der Waals surface area contributed by atoms with Crippen molar-refractivity contribution in [1.82, 2.24) is 4.90 Å². The molecule has 0 radical (unpaired) electrons. The summed E-state index contributed by atoms with van der Waals surface area (Å²) < 4.78 is 17.1. The first kappa shape index (κ1) is 68.0. The van der Waals surface area contributed by atoms with Crippen LogP contribution in [0, 0.1) is 0 Å². The minimum atomic E-state index is -0.133. The van der Waals surface area contributed by atoms with Gasteiger partial charge in [0, 0.05) is 32.0 Å². The van der Waals surface area contributed by atoms with Crippen LogP contribution in [-0.2, 0) is 30.4 Å². The van der Waals surface area contributed by atoms with Gasteiger partial charge < -0.3 is 24.4 Å². The fourth-order valence-electron chi connectivity index (χ4n) is 9.29. The van der Waals surface area contributed by atoms with Crippen molar-refractivity contribution in [3.63, 3.8) is 0 Å². The number of unbranched alkanes of at least 4 members (excludes halogenated alkanes) is 28. The van der Waals surface area contributed by atoms with Crippen molar-refractivity contribution in [3.05, 3.63) is 35.9 Å². The minimum absolute atomic E-state index is 0.0178. The second-order valence-corrected chi connectivity index (χ2v) is 20.9. The molecule has 1 rings (SSSR count). The maximum Gasteiger partial charge on any atom is 0.306 e. The molecule has 1 aromatic rings. The summed E-state index contributed by atoms with van der Waals surface area (Å²) in [6, 6.07) is 10.8. The average molecular weight is 989 g/mol. The predicted molar refractivity (Wildman–Crippen MR) is 298 cm³/mol. The molecule has 0 aromatic heterocycles. The van der Waals surface area contributed by atoms with Crippen LogP contribution in [0.3, 0.4) is 0 Å². The molecule has 2 atom stereocenters. The van der Waals surface area contributed by atoms with Crippen LogP contribution in [0.1, 0.15) is 297 Å². The Labute approximate surface area is 434 Å². The van der Waals surface area contributed by atoms with Gasteiger partial charge in [0.25, 0.3) is 0 Å². The monoisotopic (exact) mass is 988 g/mol. The van der Waals surface area contributed by atoms with Crippen LogP contribution in [0.25, 0.3) is 0 Å². The lowest BCUT2D eigenvalue weighted by atomic mass is 10.0. The quantitative estimate of drug-likeness (QED) is 0.0491. The maximum atomic E-state index is 12.7. The van der Waals surface area contributed by atoms with Crippen molar-refractivity contribution >= 4 is 11.9 Å². The van der Waals surface area contributed by atoms with Crippen molar-refractivity contribution in [1.29, 1.82) is 0 Å². The average Bonchev–Trinajstić information content (AvgIpc) is 3.35. The summed E-state index contributed by atoms with van der Waals surface area (Å²) in [4.78, 5) is 27.0. The van der Waals surface area contributed by atoms with E-state index in [1.807, 2.05) is 25.1 Å². The van der Waals surface area contributed by atoms with E-state index in [4.69, 9.17) is 19.3 Å². The Morgan fingerprint density at radius 1 is 0.486 bits per heavy atom. The molecule has 70 heavy (non-hydrogen) atoms. The highest BCUT2D eigenvalue weighted by Gasteiger charge is 2.15. The third-order valence-electron chi connectivity index (χ3n) is 13.9. The number of aliphatic hydroxyl groups excluding tert-OH is 2. The molecule has 0 saturated carbocycles. The molecule has 0 saturated heterocycles. The summed E-state index contributed by atoms with van der Waals surface area (Å²) >= 11 is 0. The van der Waals surface area contributed by atoms with Gasteiger partial charge >= 0.3 is 11.9 Å². The Balaban J connectivity index is 0.00000207. The van der Waals surface area contributed by atoms with E-state index in [1.165, 1.54) is 166 Å². The lowest BCUT2D eigenvalue weighted by Gasteiger charge is -2.28. The molecule has 0 spiro atoms. The Morgan fingerprint density at radius 3 is 1.43 bits per heavy atom. The molecular weight excluding hydrogens is 871 g/mol. The van der Waals surface area contributed by atoms with Gasteiger partial charge in [0.15, 0.2) is 0 Å². The third kappa shape index (κ3) is 49.6. The second kappa shape index (κ2) is 54.8. The highest BCUT2D eigenvalue weighted by molar-refractivity contribution is 5.69. The molecule has 2 unspecified atom stereocenters. The number of ether oxygens (including phenoxy) is 3. The molecule has 0 aliphatic heterocycles. The van der Waals surface area contributed by atoms with Gasteiger partial charge in [-0.3, -0.25) is 14.5 Å². The van der Waals surface area contributed by atoms with Crippen LogP contribution in [0.4, 0.5) is 0 Å². The maximum absolute atomic E-state index is 12.7. The Hall–Kier alpha value is -2.00. The molecule has 0 heterocycles. The fourth-order valence-corrected chi connectivity index (χ4v) is 9.29. The lowest BCUT2D eigenvalue weighted by Crippen LogP contribution is -2.36. The van der Waals surface area contributed by atoms with E-state index < -0.39 is 0 Å². The summed E-state index contributed by atoms with van der Waals surface area (Å²) in [6.45, 7) is 15.1. The van der Waals surface area contributed by atoms with E-state index in [-0.39, 0.29) is 30.8 Å². The number of hydrogen-bond acceptors (Lipinski definition) is 8. The highest BCUT2D eigenvalue weighted by Crippen LogP contribution is 2.19. The van der Waals surface area contributed by atoms with Crippen LogP contribution in [0.2, 0.25) is 0 Å². The number of benzene rings is 1. The molecule has 8 nitrogen and oxygen atoms in total. The molecule has 0 aliphatic carbocycles. The van der Waals surface area contributed by atoms with Gasteiger partial charge in [0.1, 0.15) is 6.10 Å². The molecule has 0 amide bonds. The van der Waals surface area contributed by atoms with Gasteiger partial charge in [-0.25, -0.2) is 0 Å². The van der Waals surface area contributed by atoms with E-state index in [9.17, 15) is 14.7 Å².